The van der Waals surface area contributed by atoms with Crippen LogP contribution in [0.2, 0.25) is 0 Å². The van der Waals surface area contributed by atoms with E-state index in [-0.39, 0.29) is 18.0 Å². The van der Waals surface area contributed by atoms with Gasteiger partial charge in [0.1, 0.15) is 4.90 Å². The van der Waals surface area contributed by atoms with Crippen molar-refractivity contribution in [2.75, 3.05) is 19.7 Å². The smallest absolute Gasteiger partial charge is 0.246 e. The zero-order valence-corrected chi connectivity index (χ0v) is 14.5. The van der Waals surface area contributed by atoms with Crippen molar-refractivity contribution < 1.29 is 13.5 Å². The normalized spacial score (nSPS) is 12.0. The van der Waals surface area contributed by atoms with Crippen LogP contribution in [0.5, 0.6) is 0 Å². The largest absolute Gasteiger partial charge is 0.395 e. The second-order valence-electron chi connectivity index (χ2n) is 5.49. The zero-order chi connectivity index (χ0) is 17.0. The number of hydrogen-bond donors (Lipinski definition) is 1. The van der Waals surface area contributed by atoms with Crippen molar-refractivity contribution in [3.05, 3.63) is 47.3 Å². The van der Waals surface area contributed by atoms with Crippen LogP contribution in [0.4, 0.5) is 0 Å². The standard InChI is InChI=1S/C16H23N3O3S/c1-13-16(14(2)18(3)17-13)23(21,22)19(11-12-20)10-9-15-7-5-4-6-8-15/h4-8,20H,9-12H2,1-3H3. The predicted molar refractivity (Wildman–Crippen MR) is 88.7 cm³/mol. The van der Waals surface area contributed by atoms with Crippen molar-refractivity contribution in [2.45, 2.75) is 25.2 Å². The van der Waals surface area contributed by atoms with Crippen LogP contribution in [-0.4, -0.2) is 47.3 Å². The van der Waals surface area contributed by atoms with Gasteiger partial charge >= 0.3 is 0 Å². The Bertz CT molecular complexity index is 754. The van der Waals surface area contributed by atoms with Gasteiger partial charge in [0.2, 0.25) is 10.0 Å². The van der Waals surface area contributed by atoms with E-state index >= 15 is 0 Å². The molecule has 0 saturated carbocycles. The van der Waals surface area contributed by atoms with Gasteiger partial charge in [-0.2, -0.15) is 9.40 Å². The van der Waals surface area contributed by atoms with Gasteiger partial charge in [0.25, 0.3) is 0 Å². The summed E-state index contributed by atoms with van der Waals surface area (Å²) < 4.78 is 28.8. The summed E-state index contributed by atoms with van der Waals surface area (Å²) in [5, 5.41) is 13.4. The molecule has 6 nitrogen and oxygen atoms in total. The molecule has 1 N–H and O–H groups in total. The number of rotatable bonds is 7. The molecular formula is C16H23N3O3S. The first-order chi connectivity index (χ1) is 10.9. The predicted octanol–water partition coefficient (Wildman–Crippen LogP) is 1.26. The number of sulfonamides is 1. The van der Waals surface area contributed by atoms with E-state index in [0.29, 0.717) is 24.4 Å². The molecule has 1 aromatic carbocycles. The van der Waals surface area contributed by atoms with E-state index in [1.54, 1.807) is 25.6 Å². The Hall–Kier alpha value is -1.70. The fourth-order valence-electron chi connectivity index (χ4n) is 2.62. The van der Waals surface area contributed by atoms with Crippen molar-refractivity contribution in [2.24, 2.45) is 7.05 Å². The fourth-order valence-corrected chi connectivity index (χ4v) is 4.45. The molecule has 0 bridgehead atoms. The van der Waals surface area contributed by atoms with Crippen molar-refractivity contribution >= 4 is 10.0 Å². The summed E-state index contributed by atoms with van der Waals surface area (Å²) in [4.78, 5) is 0.238. The van der Waals surface area contributed by atoms with Crippen LogP contribution < -0.4 is 0 Å². The van der Waals surface area contributed by atoms with Gasteiger partial charge in [-0.05, 0) is 25.8 Å². The van der Waals surface area contributed by atoms with E-state index in [9.17, 15) is 13.5 Å². The van der Waals surface area contributed by atoms with Gasteiger partial charge in [-0.15, -0.1) is 0 Å². The third-order valence-corrected chi connectivity index (χ3v) is 6.03. The first-order valence-corrected chi connectivity index (χ1v) is 8.97. The summed E-state index contributed by atoms with van der Waals surface area (Å²) in [6, 6.07) is 9.70. The molecule has 1 aromatic heterocycles. The molecule has 0 aliphatic heterocycles. The first-order valence-electron chi connectivity index (χ1n) is 7.53. The van der Waals surface area contributed by atoms with Crippen LogP contribution in [0.25, 0.3) is 0 Å². The second kappa shape index (κ2) is 7.25. The molecule has 0 aliphatic rings. The maximum absolute atomic E-state index is 13.0. The summed E-state index contributed by atoms with van der Waals surface area (Å²) in [5.74, 6) is 0. The van der Waals surface area contributed by atoms with Crippen LogP contribution in [0.3, 0.4) is 0 Å². The number of aliphatic hydroxyl groups excluding tert-OH is 1. The summed E-state index contributed by atoms with van der Waals surface area (Å²) in [7, 11) is -1.96. The Morgan fingerprint density at radius 2 is 1.83 bits per heavy atom. The molecule has 23 heavy (non-hydrogen) atoms. The third kappa shape index (κ3) is 3.80. The van der Waals surface area contributed by atoms with Crippen molar-refractivity contribution in [1.82, 2.24) is 14.1 Å². The quantitative estimate of drug-likeness (QED) is 0.825. The summed E-state index contributed by atoms with van der Waals surface area (Å²) in [5.41, 5.74) is 2.14. The highest BCUT2D eigenvalue weighted by Crippen LogP contribution is 2.23. The maximum Gasteiger partial charge on any atom is 0.246 e. The molecule has 1 heterocycles. The van der Waals surface area contributed by atoms with Crippen LogP contribution in [-0.2, 0) is 23.5 Å². The number of aromatic nitrogens is 2. The minimum atomic E-state index is -3.68. The van der Waals surface area contributed by atoms with Crippen molar-refractivity contribution in [3.8, 4) is 0 Å². The van der Waals surface area contributed by atoms with Gasteiger partial charge in [0.15, 0.2) is 0 Å². The van der Waals surface area contributed by atoms with E-state index < -0.39 is 10.0 Å². The Morgan fingerprint density at radius 3 is 2.35 bits per heavy atom. The van der Waals surface area contributed by atoms with Crippen LogP contribution in [0.15, 0.2) is 35.2 Å². The minimum Gasteiger partial charge on any atom is -0.395 e. The highest BCUT2D eigenvalue weighted by atomic mass is 32.2. The Morgan fingerprint density at radius 1 is 1.17 bits per heavy atom. The Kier molecular flexibility index (Phi) is 5.56. The van der Waals surface area contributed by atoms with Crippen LogP contribution in [0, 0.1) is 13.8 Å². The number of benzene rings is 1. The van der Waals surface area contributed by atoms with Gasteiger partial charge in [0.05, 0.1) is 18.0 Å². The summed E-state index contributed by atoms with van der Waals surface area (Å²) in [6.45, 7) is 3.60. The molecule has 0 atom stereocenters. The zero-order valence-electron chi connectivity index (χ0n) is 13.7. The molecule has 2 aromatic rings. The maximum atomic E-state index is 13.0. The topological polar surface area (TPSA) is 75.4 Å². The van der Waals surface area contributed by atoms with E-state index in [2.05, 4.69) is 5.10 Å². The van der Waals surface area contributed by atoms with E-state index in [1.165, 1.54) is 4.31 Å². The lowest BCUT2D eigenvalue weighted by molar-refractivity contribution is 0.254. The van der Waals surface area contributed by atoms with Gasteiger partial charge in [-0.25, -0.2) is 8.42 Å². The molecular weight excluding hydrogens is 314 g/mol. The monoisotopic (exact) mass is 337 g/mol. The van der Waals surface area contributed by atoms with Gasteiger partial charge in [-0.3, -0.25) is 4.68 Å². The molecule has 126 valence electrons. The highest BCUT2D eigenvalue weighted by Gasteiger charge is 2.30. The van der Waals surface area contributed by atoms with E-state index in [1.807, 2.05) is 30.3 Å². The molecule has 2 rings (SSSR count). The van der Waals surface area contributed by atoms with E-state index in [4.69, 9.17) is 0 Å². The average Bonchev–Trinajstić information content (AvgIpc) is 2.77. The Labute approximate surface area is 137 Å². The Balaban J connectivity index is 2.28. The third-order valence-electron chi connectivity index (χ3n) is 3.88. The van der Waals surface area contributed by atoms with Gasteiger partial charge in [0, 0.05) is 20.1 Å². The highest BCUT2D eigenvalue weighted by molar-refractivity contribution is 7.89. The van der Waals surface area contributed by atoms with Crippen molar-refractivity contribution in [3.63, 3.8) is 0 Å². The molecule has 0 aliphatic carbocycles. The first kappa shape index (κ1) is 17.7. The summed E-state index contributed by atoms with van der Waals surface area (Å²) >= 11 is 0. The molecule has 0 saturated heterocycles. The lowest BCUT2D eigenvalue weighted by Gasteiger charge is -2.21. The lowest BCUT2D eigenvalue weighted by atomic mass is 10.1. The summed E-state index contributed by atoms with van der Waals surface area (Å²) in [6.07, 6.45) is 0.596. The average molecular weight is 337 g/mol. The molecule has 0 fully saturated rings. The minimum absolute atomic E-state index is 0.0724. The molecule has 0 spiro atoms. The van der Waals surface area contributed by atoms with E-state index in [0.717, 1.165) is 5.56 Å². The number of hydrogen-bond acceptors (Lipinski definition) is 4. The number of aryl methyl sites for hydroxylation is 2. The lowest BCUT2D eigenvalue weighted by Crippen LogP contribution is -2.36. The van der Waals surface area contributed by atoms with Crippen LogP contribution >= 0.6 is 0 Å². The van der Waals surface area contributed by atoms with Gasteiger partial charge < -0.3 is 5.11 Å². The molecule has 0 unspecified atom stereocenters. The fraction of sp³-hybridized carbons (Fsp3) is 0.438. The van der Waals surface area contributed by atoms with Crippen molar-refractivity contribution in [1.29, 1.82) is 0 Å². The number of aliphatic hydroxyl groups is 1. The molecule has 0 amide bonds. The SMILES string of the molecule is Cc1nn(C)c(C)c1S(=O)(=O)N(CCO)CCc1ccccc1. The number of nitrogens with zero attached hydrogens (tertiary/aromatic N) is 3. The molecule has 0 radical (unpaired) electrons. The van der Waals surface area contributed by atoms with Crippen LogP contribution in [0.1, 0.15) is 17.0 Å². The molecule has 7 heteroatoms. The second-order valence-corrected chi connectivity index (χ2v) is 7.36. The van der Waals surface area contributed by atoms with Gasteiger partial charge in [-0.1, -0.05) is 30.3 Å².